The molecule has 3 atom stereocenters. The highest BCUT2D eigenvalue weighted by atomic mass is 32.2. The Balaban J connectivity index is 1.96. The van der Waals surface area contributed by atoms with E-state index in [-0.39, 0.29) is 12.0 Å². The van der Waals surface area contributed by atoms with Gasteiger partial charge in [-0.2, -0.15) is 5.26 Å². The van der Waals surface area contributed by atoms with Crippen LogP contribution in [0.4, 0.5) is 4.79 Å². The van der Waals surface area contributed by atoms with Crippen LogP contribution >= 0.6 is 11.8 Å². The maximum absolute atomic E-state index is 12.3. The van der Waals surface area contributed by atoms with E-state index in [0.29, 0.717) is 11.6 Å². The summed E-state index contributed by atoms with van der Waals surface area (Å²) < 4.78 is 10.8. The van der Waals surface area contributed by atoms with Crippen LogP contribution in [0.1, 0.15) is 40.0 Å². The maximum Gasteiger partial charge on any atom is 0.411 e. The third-order valence-electron chi connectivity index (χ3n) is 3.67. The summed E-state index contributed by atoms with van der Waals surface area (Å²) >= 11 is 1.50. The molecule has 7 heteroatoms. The molecule has 1 heterocycles. The topological polar surface area (TPSA) is 79.6 Å². The molecular formula is C15H22N2O4S. The van der Waals surface area contributed by atoms with Crippen LogP contribution < -0.4 is 0 Å². The largest absolute Gasteiger partial charge is 0.459 e. The lowest BCUT2D eigenvalue weighted by molar-refractivity contribution is -0.154. The van der Waals surface area contributed by atoms with E-state index in [1.807, 2.05) is 0 Å². The van der Waals surface area contributed by atoms with Crippen LogP contribution in [-0.2, 0) is 14.3 Å². The molecule has 1 aliphatic carbocycles. The molecule has 0 spiro atoms. The Labute approximate surface area is 135 Å². The van der Waals surface area contributed by atoms with Crippen molar-refractivity contribution in [3.63, 3.8) is 0 Å². The predicted octanol–water partition coefficient (Wildman–Crippen LogP) is 2.53. The summed E-state index contributed by atoms with van der Waals surface area (Å²) in [6, 6.07) is 1.56. The zero-order chi connectivity index (χ0) is 16.3. The van der Waals surface area contributed by atoms with Crippen LogP contribution in [0.5, 0.6) is 0 Å². The van der Waals surface area contributed by atoms with Crippen molar-refractivity contribution in [1.29, 1.82) is 5.26 Å². The molecule has 0 bridgehead atoms. The molecule has 2 aliphatic rings. The zero-order valence-electron chi connectivity index (χ0n) is 13.2. The van der Waals surface area contributed by atoms with Gasteiger partial charge in [0.1, 0.15) is 17.7 Å². The molecule has 1 aliphatic heterocycles. The number of rotatable bonds is 2. The van der Waals surface area contributed by atoms with Gasteiger partial charge in [-0.25, -0.2) is 9.59 Å². The number of ether oxygens (including phenoxy) is 2. The predicted molar refractivity (Wildman–Crippen MR) is 82.0 cm³/mol. The van der Waals surface area contributed by atoms with Crippen molar-refractivity contribution in [2.24, 2.45) is 5.92 Å². The lowest BCUT2D eigenvalue weighted by Crippen LogP contribution is -2.46. The SMILES string of the molecule is CC(C)(C)OC(=O)N1CSC[C@@H]1C(=O)O[C@@H]1CCC[C@@H]1C#N. The van der Waals surface area contributed by atoms with Crippen molar-refractivity contribution in [2.45, 2.75) is 57.8 Å². The third kappa shape index (κ3) is 4.07. The van der Waals surface area contributed by atoms with Gasteiger partial charge in [-0.3, -0.25) is 4.90 Å². The van der Waals surface area contributed by atoms with Crippen LogP contribution in [0.15, 0.2) is 0 Å². The first-order valence-corrected chi connectivity index (χ1v) is 8.65. The van der Waals surface area contributed by atoms with E-state index in [1.54, 1.807) is 20.8 Å². The van der Waals surface area contributed by atoms with E-state index in [2.05, 4.69) is 6.07 Å². The minimum absolute atomic E-state index is 0.229. The van der Waals surface area contributed by atoms with Gasteiger partial charge >= 0.3 is 12.1 Å². The van der Waals surface area contributed by atoms with Gasteiger partial charge < -0.3 is 9.47 Å². The van der Waals surface area contributed by atoms with Gasteiger partial charge in [0.2, 0.25) is 0 Å². The minimum Gasteiger partial charge on any atom is -0.459 e. The summed E-state index contributed by atoms with van der Waals surface area (Å²) in [7, 11) is 0. The summed E-state index contributed by atoms with van der Waals surface area (Å²) in [5.74, 6) is 0.263. The average Bonchev–Trinajstić information content (AvgIpc) is 3.04. The molecule has 6 nitrogen and oxygen atoms in total. The molecule has 1 saturated heterocycles. The van der Waals surface area contributed by atoms with Crippen molar-refractivity contribution in [3.05, 3.63) is 0 Å². The van der Waals surface area contributed by atoms with E-state index in [1.165, 1.54) is 16.7 Å². The van der Waals surface area contributed by atoms with E-state index < -0.39 is 23.7 Å². The summed E-state index contributed by atoms with van der Waals surface area (Å²) in [4.78, 5) is 25.9. The second kappa shape index (κ2) is 6.78. The molecule has 2 fully saturated rings. The van der Waals surface area contributed by atoms with Crippen molar-refractivity contribution >= 4 is 23.8 Å². The van der Waals surface area contributed by atoms with Crippen LogP contribution in [0.2, 0.25) is 0 Å². The first-order chi connectivity index (χ1) is 10.3. The lowest BCUT2D eigenvalue weighted by atomic mass is 10.1. The summed E-state index contributed by atoms with van der Waals surface area (Å²) in [5, 5.41) is 9.05. The second-order valence-corrected chi connectivity index (χ2v) is 7.61. The molecule has 1 amide bonds. The number of hydrogen-bond acceptors (Lipinski definition) is 6. The Bertz CT molecular complexity index is 483. The molecule has 22 heavy (non-hydrogen) atoms. The summed E-state index contributed by atoms with van der Waals surface area (Å²) in [6.07, 6.45) is 1.54. The quantitative estimate of drug-likeness (QED) is 0.726. The number of nitrogens with zero attached hydrogens (tertiary/aromatic N) is 2. The number of hydrogen-bond donors (Lipinski definition) is 0. The van der Waals surface area contributed by atoms with Gasteiger partial charge in [-0.05, 0) is 40.0 Å². The molecule has 2 rings (SSSR count). The summed E-state index contributed by atoms with van der Waals surface area (Å²) in [6.45, 7) is 5.37. The molecule has 0 aromatic carbocycles. The van der Waals surface area contributed by atoms with Crippen LogP contribution in [0.25, 0.3) is 0 Å². The molecule has 0 N–H and O–H groups in total. The van der Waals surface area contributed by atoms with E-state index in [9.17, 15) is 9.59 Å². The second-order valence-electron chi connectivity index (χ2n) is 6.61. The molecule has 1 saturated carbocycles. The van der Waals surface area contributed by atoms with Gasteiger partial charge in [0.15, 0.2) is 0 Å². The van der Waals surface area contributed by atoms with Crippen LogP contribution in [-0.4, -0.2) is 46.3 Å². The first-order valence-electron chi connectivity index (χ1n) is 7.49. The number of carbonyl (C=O) groups excluding carboxylic acids is 2. The van der Waals surface area contributed by atoms with Gasteiger partial charge in [-0.1, -0.05) is 0 Å². The third-order valence-corrected chi connectivity index (χ3v) is 4.68. The highest BCUT2D eigenvalue weighted by molar-refractivity contribution is 7.99. The maximum atomic E-state index is 12.3. The van der Waals surface area contributed by atoms with Crippen LogP contribution in [0, 0.1) is 17.2 Å². The van der Waals surface area contributed by atoms with Gasteiger partial charge in [0, 0.05) is 5.75 Å². The zero-order valence-corrected chi connectivity index (χ0v) is 14.0. The number of nitriles is 1. The molecule has 0 radical (unpaired) electrons. The molecule has 0 unspecified atom stereocenters. The smallest absolute Gasteiger partial charge is 0.411 e. The van der Waals surface area contributed by atoms with Crippen molar-refractivity contribution in [2.75, 3.05) is 11.6 Å². The lowest BCUT2D eigenvalue weighted by Gasteiger charge is -2.27. The van der Waals surface area contributed by atoms with Gasteiger partial charge in [0.05, 0.1) is 17.9 Å². The van der Waals surface area contributed by atoms with Crippen LogP contribution in [0.3, 0.4) is 0 Å². The fraction of sp³-hybridized carbons (Fsp3) is 0.800. The van der Waals surface area contributed by atoms with E-state index >= 15 is 0 Å². The molecule has 0 aromatic rings. The highest BCUT2D eigenvalue weighted by Gasteiger charge is 2.40. The normalized spacial score (nSPS) is 28.3. The Hall–Kier alpha value is -1.42. The van der Waals surface area contributed by atoms with E-state index in [4.69, 9.17) is 14.7 Å². The molecule has 122 valence electrons. The van der Waals surface area contributed by atoms with Crippen molar-refractivity contribution in [1.82, 2.24) is 4.90 Å². The van der Waals surface area contributed by atoms with Gasteiger partial charge in [0.25, 0.3) is 0 Å². The highest BCUT2D eigenvalue weighted by Crippen LogP contribution is 2.30. The standard InChI is InChI=1S/C15H22N2O4S/c1-15(2,3)21-14(19)17-9-22-8-11(17)13(18)20-12-6-4-5-10(12)7-16/h10-12H,4-6,8-9H2,1-3H3/t10-,11-,12-/m1/s1. The Morgan fingerprint density at radius 3 is 2.68 bits per heavy atom. The fourth-order valence-electron chi connectivity index (χ4n) is 2.58. The molecule has 0 aromatic heterocycles. The Kier molecular flexibility index (Phi) is 5.22. The number of esters is 1. The van der Waals surface area contributed by atoms with Gasteiger partial charge in [-0.15, -0.1) is 11.8 Å². The van der Waals surface area contributed by atoms with E-state index in [0.717, 1.165) is 19.3 Å². The number of carbonyl (C=O) groups is 2. The summed E-state index contributed by atoms with van der Waals surface area (Å²) in [5.41, 5.74) is -0.601. The number of amides is 1. The monoisotopic (exact) mass is 326 g/mol. The Morgan fingerprint density at radius 1 is 1.32 bits per heavy atom. The minimum atomic E-state index is -0.625. The van der Waals surface area contributed by atoms with Crippen molar-refractivity contribution < 1.29 is 19.1 Å². The number of thioether (sulfide) groups is 1. The molecular weight excluding hydrogens is 304 g/mol. The Morgan fingerprint density at radius 2 is 2.05 bits per heavy atom. The van der Waals surface area contributed by atoms with Crippen molar-refractivity contribution in [3.8, 4) is 6.07 Å². The average molecular weight is 326 g/mol. The first kappa shape index (κ1) is 16.9. The fourth-order valence-corrected chi connectivity index (χ4v) is 3.71.